The topological polar surface area (TPSA) is 51.8 Å². The molecule has 9 rings (SSSR count). The summed E-state index contributed by atoms with van der Waals surface area (Å²) in [6, 6.07) is 64.8. The molecule has 4 heteroatoms. The van der Waals surface area contributed by atoms with Crippen molar-refractivity contribution in [2.45, 2.75) is 0 Å². The van der Waals surface area contributed by atoms with Crippen molar-refractivity contribution < 1.29 is 4.42 Å². The molecule has 0 amide bonds. The van der Waals surface area contributed by atoms with E-state index >= 15 is 0 Å². The highest BCUT2D eigenvalue weighted by Crippen LogP contribution is 2.41. The van der Waals surface area contributed by atoms with Crippen LogP contribution in [0.4, 0.5) is 0 Å². The average molecular weight is 654 g/mol. The second kappa shape index (κ2) is 13.2. The highest BCUT2D eigenvalue weighted by atomic mass is 16.3. The zero-order chi connectivity index (χ0) is 34.0. The lowest BCUT2D eigenvalue weighted by Gasteiger charge is -2.17. The van der Waals surface area contributed by atoms with Crippen LogP contribution in [0.15, 0.2) is 192 Å². The van der Waals surface area contributed by atoms with Gasteiger partial charge in [-0.3, -0.25) is 0 Å². The summed E-state index contributed by atoms with van der Waals surface area (Å²) in [5, 5.41) is 0. The Morgan fingerprint density at radius 1 is 0.333 bits per heavy atom. The normalized spacial score (nSPS) is 11.1. The molecule has 0 unspecified atom stereocenters. The van der Waals surface area contributed by atoms with Gasteiger partial charge in [0.2, 0.25) is 5.89 Å². The van der Waals surface area contributed by atoms with Gasteiger partial charge in [-0.1, -0.05) is 158 Å². The van der Waals surface area contributed by atoms with Crippen LogP contribution in [0, 0.1) is 0 Å². The molecule has 0 radical (unpaired) electrons. The smallest absolute Gasteiger partial charge is 0.227 e. The molecule has 240 valence electrons. The van der Waals surface area contributed by atoms with Crippen LogP contribution in [0.25, 0.3) is 89.8 Å². The minimum Gasteiger partial charge on any atom is -0.436 e. The summed E-state index contributed by atoms with van der Waals surface area (Å²) in [4.78, 5) is 14.7. The Kier molecular flexibility index (Phi) is 7.80. The number of rotatable bonds is 7. The maximum atomic E-state index is 6.08. The first-order valence-electron chi connectivity index (χ1n) is 17.0. The summed E-state index contributed by atoms with van der Waals surface area (Å²) in [5.41, 5.74) is 14.3. The fraction of sp³-hybridized carbons (Fsp3) is 0. The minimum atomic E-state index is 0.616. The first-order chi connectivity index (χ1) is 25.3. The van der Waals surface area contributed by atoms with Gasteiger partial charge >= 0.3 is 0 Å². The second-order valence-electron chi connectivity index (χ2n) is 12.4. The van der Waals surface area contributed by atoms with Crippen molar-refractivity contribution in [1.82, 2.24) is 15.0 Å². The summed E-state index contributed by atoms with van der Waals surface area (Å²) in [5.74, 6) is 1.32. The number of hydrogen-bond acceptors (Lipinski definition) is 4. The van der Waals surface area contributed by atoms with Crippen molar-refractivity contribution in [2.75, 3.05) is 0 Å². The molecular formula is C47H31N3O. The molecule has 4 nitrogen and oxygen atoms in total. The van der Waals surface area contributed by atoms with E-state index < -0.39 is 0 Å². The van der Waals surface area contributed by atoms with E-state index in [4.69, 9.17) is 19.4 Å². The van der Waals surface area contributed by atoms with Gasteiger partial charge in [-0.25, -0.2) is 15.0 Å². The van der Waals surface area contributed by atoms with Crippen LogP contribution in [-0.4, -0.2) is 15.0 Å². The maximum Gasteiger partial charge on any atom is 0.227 e. The summed E-state index contributed by atoms with van der Waals surface area (Å²) < 4.78 is 6.08. The van der Waals surface area contributed by atoms with E-state index in [1.54, 1.807) is 0 Å². The van der Waals surface area contributed by atoms with Gasteiger partial charge in [0.1, 0.15) is 5.52 Å². The molecule has 0 spiro atoms. The molecule has 9 aromatic rings. The Hall–Kier alpha value is -6.91. The number of fused-ring (bicyclic) bond motifs is 1. The van der Waals surface area contributed by atoms with Crippen LogP contribution in [0.1, 0.15) is 0 Å². The molecule has 0 fully saturated rings. The van der Waals surface area contributed by atoms with Crippen molar-refractivity contribution in [3.63, 3.8) is 0 Å². The Bertz CT molecular complexity index is 2500. The molecule has 0 bridgehead atoms. The second-order valence-corrected chi connectivity index (χ2v) is 12.4. The Balaban J connectivity index is 1.13. The van der Waals surface area contributed by atoms with Crippen LogP contribution < -0.4 is 0 Å². The van der Waals surface area contributed by atoms with Crippen LogP contribution in [0.5, 0.6) is 0 Å². The maximum absolute atomic E-state index is 6.08. The van der Waals surface area contributed by atoms with Crippen LogP contribution in [0.3, 0.4) is 0 Å². The predicted octanol–water partition coefficient (Wildman–Crippen LogP) is 12.3. The van der Waals surface area contributed by atoms with Gasteiger partial charge in [0.25, 0.3) is 0 Å². The van der Waals surface area contributed by atoms with E-state index in [1.807, 2.05) is 60.7 Å². The Morgan fingerprint density at radius 3 is 1.43 bits per heavy atom. The van der Waals surface area contributed by atoms with Gasteiger partial charge in [-0.2, -0.15) is 0 Å². The highest BCUT2D eigenvalue weighted by Gasteiger charge is 2.16. The minimum absolute atomic E-state index is 0.616. The molecule has 0 saturated heterocycles. The van der Waals surface area contributed by atoms with Gasteiger partial charge in [-0.05, 0) is 63.7 Å². The number of para-hydroxylation sites is 2. The van der Waals surface area contributed by atoms with E-state index in [0.717, 1.165) is 67.0 Å². The quantitative estimate of drug-likeness (QED) is 0.172. The van der Waals surface area contributed by atoms with E-state index in [2.05, 4.69) is 127 Å². The number of benzene rings is 7. The molecule has 0 aliphatic rings. The van der Waals surface area contributed by atoms with Crippen molar-refractivity contribution in [3.05, 3.63) is 188 Å². The lowest BCUT2D eigenvalue weighted by atomic mass is 9.87. The molecule has 0 aliphatic carbocycles. The van der Waals surface area contributed by atoms with E-state index in [9.17, 15) is 0 Å². The number of oxazole rings is 1. The zero-order valence-electron chi connectivity index (χ0n) is 27.6. The largest absolute Gasteiger partial charge is 0.436 e. The van der Waals surface area contributed by atoms with Crippen LogP contribution >= 0.6 is 0 Å². The average Bonchev–Trinajstić information content (AvgIpc) is 3.66. The molecule has 0 atom stereocenters. The Morgan fingerprint density at radius 2 is 0.804 bits per heavy atom. The van der Waals surface area contributed by atoms with Crippen molar-refractivity contribution in [3.8, 4) is 78.7 Å². The standard InChI is InChI=1S/C47H31N3O/c1-4-13-32(14-5-1)39-19-12-20-40(45(39)36-27-29-38(30-28-36)47-50-41-21-10-11-22-44(41)51-47)33-23-25-35(26-24-33)43-31-42(34-15-6-2-7-16-34)48-46(49-43)37-17-8-3-9-18-37/h1-31H. The lowest BCUT2D eigenvalue weighted by molar-refractivity contribution is 0.620. The SMILES string of the molecule is c1ccc(-c2cc(-c3ccc(-c4cccc(-c5ccccc5)c4-c4ccc(-c5nc6ccccc6o5)cc4)cc3)nc(-c3ccccc3)n2)cc1. The monoisotopic (exact) mass is 653 g/mol. The molecule has 51 heavy (non-hydrogen) atoms. The van der Waals surface area contributed by atoms with E-state index in [1.165, 1.54) is 11.1 Å². The van der Waals surface area contributed by atoms with E-state index in [-0.39, 0.29) is 0 Å². The fourth-order valence-electron chi connectivity index (χ4n) is 6.63. The summed E-state index contributed by atoms with van der Waals surface area (Å²) in [6.45, 7) is 0. The summed E-state index contributed by atoms with van der Waals surface area (Å²) in [7, 11) is 0. The molecule has 0 N–H and O–H groups in total. The van der Waals surface area contributed by atoms with Crippen LogP contribution in [-0.2, 0) is 0 Å². The van der Waals surface area contributed by atoms with Crippen molar-refractivity contribution in [1.29, 1.82) is 0 Å². The fourth-order valence-corrected chi connectivity index (χ4v) is 6.63. The third-order valence-corrected chi connectivity index (χ3v) is 9.18. The molecule has 2 heterocycles. The first kappa shape index (κ1) is 30.2. The number of aromatic nitrogens is 3. The highest BCUT2D eigenvalue weighted by molar-refractivity contribution is 5.95. The molecule has 0 saturated carbocycles. The molecular weight excluding hydrogens is 623 g/mol. The summed E-state index contributed by atoms with van der Waals surface area (Å²) >= 11 is 0. The van der Waals surface area contributed by atoms with Crippen molar-refractivity contribution in [2.24, 2.45) is 0 Å². The van der Waals surface area contributed by atoms with Crippen molar-refractivity contribution >= 4 is 11.1 Å². The van der Waals surface area contributed by atoms with Gasteiger partial charge in [0.05, 0.1) is 11.4 Å². The molecule has 7 aromatic carbocycles. The third-order valence-electron chi connectivity index (χ3n) is 9.18. The third kappa shape index (κ3) is 6.00. The van der Waals surface area contributed by atoms with Gasteiger partial charge in [0.15, 0.2) is 11.4 Å². The number of hydrogen-bond donors (Lipinski definition) is 0. The van der Waals surface area contributed by atoms with E-state index in [0.29, 0.717) is 11.7 Å². The zero-order valence-corrected chi connectivity index (χ0v) is 27.6. The van der Waals surface area contributed by atoms with Gasteiger partial charge in [0, 0.05) is 22.3 Å². The van der Waals surface area contributed by atoms with Crippen LogP contribution in [0.2, 0.25) is 0 Å². The number of nitrogens with zero attached hydrogens (tertiary/aromatic N) is 3. The predicted molar refractivity (Wildman–Crippen MR) is 208 cm³/mol. The first-order valence-corrected chi connectivity index (χ1v) is 17.0. The molecule has 2 aromatic heterocycles. The Labute approximate surface area is 296 Å². The molecule has 0 aliphatic heterocycles. The lowest BCUT2D eigenvalue weighted by Crippen LogP contribution is -1.96. The summed E-state index contributed by atoms with van der Waals surface area (Å²) in [6.07, 6.45) is 0. The van der Waals surface area contributed by atoms with Gasteiger partial charge < -0.3 is 4.42 Å². The van der Waals surface area contributed by atoms with Gasteiger partial charge in [-0.15, -0.1) is 0 Å².